The zero-order valence-electron chi connectivity index (χ0n) is 20.2. The molecule has 1 heterocycles. The first-order valence-corrected chi connectivity index (χ1v) is 13.1. The highest BCUT2D eigenvalue weighted by molar-refractivity contribution is 5.93. The quantitative estimate of drug-likeness (QED) is 0.715. The lowest BCUT2D eigenvalue weighted by atomic mass is 9.53. The van der Waals surface area contributed by atoms with Crippen molar-refractivity contribution in [1.82, 2.24) is 4.90 Å². The van der Waals surface area contributed by atoms with Gasteiger partial charge in [0, 0.05) is 44.2 Å². The van der Waals surface area contributed by atoms with E-state index >= 15 is 0 Å². The molecular formula is C29H38N2O2. The molecule has 0 spiro atoms. The summed E-state index contributed by atoms with van der Waals surface area (Å²) in [5, 5.41) is 11.1. The second-order valence-electron chi connectivity index (χ2n) is 11.6. The number of rotatable bonds is 2. The van der Waals surface area contributed by atoms with E-state index in [-0.39, 0.29) is 11.5 Å². The molecule has 0 bridgehead atoms. The van der Waals surface area contributed by atoms with Crippen LogP contribution >= 0.6 is 0 Å². The Hall–Kier alpha value is -1.91. The number of likely N-dealkylation sites (N-methyl/N-ethyl adjacent to an activating group) is 1. The lowest BCUT2D eigenvalue weighted by Gasteiger charge is -2.52. The molecule has 1 N–H and O–H groups in total. The van der Waals surface area contributed by atoms with Gasteiger partial charge in [-0.25, -0.2) is 0 Å². The number of ketones is 1. The van der Waals surface area contributed by atoms with Gasteiger partial charge in [0.15, 0.2) is 5.78 Å². The maximum Gasteiger partial charge on any atom is 0.156 e. The first kappa shape index (κ1) is 21.6. The Kier molecular flexibility index (Phi) is 5.30. The van der Waals surface area contributed by atoms with E-state index in [1.165, 1.54) is 22.4 Å². The molecule has 0 aromatic heterocycles. The highest BCUT2D eigenvalue weighted by Crippen LogP contribution is 2.63. The van der Waals surface area contributed by atoms with E-state index in [4.69, 9.17) is 0 Å². The van der Waals surface area contributed by atoms with Gasteiger partial charge >= 0.3 is 0 Å². The van der Waals surface area contributed by atoms with Crippen molar-refractivity contribution in [3.05, 3.63) is 52.6 Å². The molecule has 0 radical (unpaired) electrons. The minimum absolute atomic E-state index is 0.00121. The summed E-state index contributed by atoms with van der Waals surface area (Å²) in [6, 6.07) is 9.37. The summed E-state index contributed by atoms with van der Waals surface area (Å²) in [6.45, 7) is 6.77. The molecule has 4 aliphatic carbocycles. The van der Waals surface area contributed by atoms with Crippen molar-refractivity contribution < 1.29 is 9.90 Å². The van der Waals surface area contributed by atoms with Crippen LogP contribution in [0.1, 0.15) is 63.4 Å². The molecule has 176 valence electrons. The molecular weight excluding hydrogens is 408 g/mol. The summed E-state index contributed by atoms with van der Waals surface area (Å²) in [4.78, 5) is 17.1. The molecule has 4 nitrogen and oxygen atoms in total. The number of hydrogen-bond donors (Lipinski definition) is 1. The number of carbonyl (C=O) groups is 1. The average Bonchev–Trinajstić information content (AvgIpc) is 3.13. The van der Waals surface area contributed by atoms with Gasteiger partial charge in [0.25, 0.3) is 0 Å². The Bertz CT molecular complexity index is 1000. The van der Waals surface area contributed by atoms with Crippen LogP contribution < -0.4 is 4.90 Å². The number of piperazine rings is 1. The monoisotopic (exact) mass is 446 g/mol. The smallest absolute Gasteiger partial charge is 0.156 e. The van der Waals surface area contributed by atoms with Crippen molar-refractivity contribution in [2.75, 3.05) is 38.1 Å². The Morgan fingerprint density at radius 1 is 0.970 bits per heavy atom. The molecule has 33 heavy (non-hydrogen) atoms. The van der Waals surface area contributed by atoms with Gasteiger partial charge < -0.3 is 14.9 Å². The molecule has 1 aromatic rings. The van der Waals surface area contributed by atoms with Gasteiger partial charge in [0.2, 0.25) is 0 Å². The van der Waals surface area contributed by atoms with E-state index in [0.29, 0.717) is 30.0 Å². The maximum atomic E-state index is 12.2. The predicted octanol–water partition coefficient (Wildman–Crippen LogP) is 4.70. The lowest BCUT2D eigenvalue weighted by Crippen LogP contribution is -2.45. The minimum atomic E-state index is -0.189. The fourth-order valence-electron chi connectivity index (χ4n) is 7.91. The summed E-state index contributed by atoms with van der Waals surface area (Å²) in [5.41, 5.74) is 7.18. The molecule has 5 atom stereocenters. The van der Waals surface area contributed by atoms with E-state index in [1.807, 2.05) is 6.08 Å². The van der Waals surface area contributed by atoms with Gasteiger partial charge in [-0.15, -0.1) is 0 Å². The van der Waals surface area contributed by atoms with Crippen LogP contribution in [0.3, 0.4) is 0 Å². The fraction of sp³-hybridized carbons (Fsp3) is 0.621. The largest absolute Gasteiger partial charge is 0.393 e. The molecule has 1 aliphatic heterocycles. The maximum absolute atomic E-state index is 12.2. The van der Waals surface area contributed by atoms with Gasteiger partial charge in [-0.05, 0) is 97.7 Å². The third-order valence-corrected chi connectivity index (χ3v) is 9.85. The van der Waals surface area contributed by atoms with Crippen LogP contribution in [-0.4, -0.2) is 55.1 Å². The normalized spacial score (nSPS) is 36.9. The van der Waals surface area contributed by atoms with E-state index in [2.05, 4.69) is 48.0 Å². The van der Waals surface area contributed by atoms with Gasteiger partial charge in [0.1, 0.15) is 0 Å². The summed E-state index contributed by atoms with van der Waals surface area (Å²) in [7, 11) is 2.20. The fourth-order valence-corrected chi connectivity index (χ4v) is 7.91. The summed E-state index contributed by atoms with van der Waals surface area (Å²) in [6.07, 6.45) is 8.63. The molecule has 0 amide bonds. The average molecular weight is 447 g/mol. The molecule has 5 unspecified atom stereocenters. The summed E-state index contributed by atoms with van der Waals surface area (Å²) < 4.78 is 0. The van der Waals surface area contributed by atoms with Gasteiger partial charge in [0.05, 0.1) is 6.10 Å². The second kappa shape index (κ2) is 8.09. The Morgan fingerprint density at radius 2 is 1.73 bits per heavy atom. The predicted molar refractivity (Wildman–Crippen MR) is 132 cm³/mol. The third kappa shape index (κ3) is 3.52. The van der Waals surface area contributed by atoms with E-state index < -0.39 is 0 Å². The lowest BCUT2D eigenvalue weighted by molar-refractivity contribution is -0.114. The van der Waals surface area contributed by atoms with Crippen molar-refractivity contribution in [2.24, 2.45) is 17.3 Å². The van der Waals surface area contributed by atoms with Crippen LogP contribution in [0.15, 0.2) is 47.1 Å². The standard InChI is InChI=1S/C29H38N2O2/c1-29-18-25(19-3-6-21(7-4-19)31-15-13-30(2)14-16-31)28-23-10-8-22(32)17-20(23)5-9-24(28)26(29)11-12-27(29)33/h3-4,6-7,17,24-27,33H,5,8-16,18H2,1-2H3. The summed E-state index contributed by atoms with van der Waals surface area (Å²) >= 11 is 0. The second-order valence-corrected chi connectivity index (χ2v) is 11.6. The van der Waals surface area contributed by atoms with Crippen molar-refractivity contribution in [3.63, 3.8) is 0 Å². The molecule has 1 saturated heterocycles. The van der Waals surface area contributed by atoms with Crippen LogP contribution in [0.2, 0.25) is 0 Å². The number of hydrogen-bond acceptors (Lipinski definition) is 4. The van der Waals surface area contributed by atoms with E-state index in [1.54, 1.807) is 5.57 Å². The van der Waals surface area contributed by atoms with Gasteiger partial charge in [-0.2, -0.15) is 0 Å². The Balaban J connectivity index is 1.39. The molecule has 4 heteroatoms. The van der Waals surface area contributed by atoms with Gasteiger partial charge in [-0.1, -0.05) is 24.6 Å². The number of allylic oxidation sites excluding steroid dienone is 4. The molecule has 5 aliphatic rings. The number of fused-ring (bicyclic) bond motifs is 4. The van der Waals surface area contributed by atoms with Crippen LogP contribution in [0, 0.1) is 17.3 Å². The number of aliphatic hydroxyl groups is 1. The molecule has 6 rings (SSSR count). The number of nitrogens with zero attached hydrogens (tertiary/aromatic N) is 2. The van der Waals surface area contributed by atoms with Crippen LogP contribution in [0.25, 0.3) is 0 Å². The van der Waals surface area contributed by atoms with E-state index in [0.717, 1.165) is 64.7 Å². The van der Waals surface area contributed by atoms with Crippen molar-refractivity contribution in [2.45, 2.75) is 63.9 Å². The van der Waals surface area contributed by atoms with E-state index in [9.17, 15) is 9.90 Å². The van der Waals surface area contributed by atoms with Gasteiger partial charge in [-0.3, -0.25) is 4.79 Å². The third-order valence-electron chi connectivity index (χ3n) is 9.85. The first-order valence-electron chi connectivity index (χ1n) is 13.1. The van der Waals surface area contributed by atoms with Crippen LogP contribution in [0.4, 0.5) is 5.69 Å². The van der Waals surface area contributed by atoms with Crippen LogP contribution in [-0.2, 0) is 4.79 Å². The molecule has 2 saturated carbocycles. The Morgan fingerprint density at radius 3 is 2.48 bits per heavy atom. The summed E-state index contributed by atoms with van der Waals surface area (Å²) in [5.74, 6) is 1.80. The SMILES string of the molecule is CN1CCN(c2ccc(C3CC4(C)C(O)CCC4C4CCC5=CC(=O)CCC5=C34)cc2)CC1. The van der Waals surface area contributed by atoms with Crippen LogP contribution in [0.5, 0.6) is 0 Å². The highest BCUT2D eigenvalue weighted by Gasteiger charge is 2.56. The molecule has 1 aromatic carbocycles. The number of carbonyl (C=O) groups excluding carboxylic acids is 1. The first-order chi connectivity index (χ1) is 15.9. The van der Waals surface area contributed by atoms with Crippen molar-refractivity contribution in [1.29, 1.82) is 0 Å². The minimum Gasteiger partial charge on any atom is -0.393 e. The molecule has 3 fully saturated rings. The number of benzene rings is 1. The number of aliphatic hydroxyl groups excluding tert-OH is 1. The van der Waals surface area contributed by atoms with Crippen molar-refractivity contribution >= 4 is 11.5 Å². The van der Waals surface area contributed by atoms with Crippen molar-refractivity contribution in [3.8, 4) is 0 Å². The highest BCUT2D eigenvalue weighted by atomic mass is 16.3. The number of anilines is 1. The Labute approximate surface area is 198 Å². The topological polar surface area (TPSA) is 43.8 Å². The zero-order chi connectivity index (χ0) is 22.7. The zero-order valence-corrected chi connectivity index (χ0v) is 20.2.